The minimum Gasteiger partial charge on any atom is -0.352 e. The summed E-state index contributed by atoms with van der Waals surface area (Å²) in [5.41, 5.74) is 0.811. The SMILES string of the molecule is CS(=O)(=O)c1cccc(S(=O)(=O)NC(Cc2ccccc2)C(=O)NC2CC2)c1. The lowest BCUT2D eigenvalue weighted by atomic mass is 10.1. The molecule has 1 atom stereocenters. The smallest absolute Gasteiger partial charge is 0.241 e. The largest absolute Gasteiger partial charge is 0.352 e. The van der Waals surface area contributed by atoms with Crippen molar-refractivity contribution in [2.24, 2.45) is 0 Å². The van der Waals surface area contributed by atoms with Crippen molar-refractivity contribution in [1.82, 2.24) is 10.0 Å². The molecule has 28 heavy (non-hydrogen) atoms. The molecule has 3 rings (SSSR count). The van der Waals surface area contributed by atoms with Crippen LogP contribution in [0.2, 0.25) is 0 Å². The molecule has 0 radical (unpaired) electrons. The van der Waals surface area contributed by atoms with Gasteiger partial charge >= 0.3 is 0 Å². The van der Waals surface area contributed by atoms with Gasteiger partial charge in [-0.3, -0.25) is 4.79 Å². The number of rotatable bonds is 8. The van der Waals surface area contributed by atoms with Crippen molar-refractivity contribution < 1.29 is 21.6 Å². The lowest BCUT2D eigenvalue weighted by molar-refractivity contribution is -0.122. The maximum atomic E-state index is 12.8. The van der Waals surface area contributed by atoms with Crippen LogP contribution in [0.1, 0.15) is 18.4 Å². The van der Waals surface area contributed by atoms with Crippen LogP contribution in [0.25, 0.3) is 0 Å². The van der Waals surface area contributed by atoms with Gasteiger partial charge in [-0.1, -0.05) is 36.4 Å². The average molecular weight is 423 g/mol. The van der Waals surface area contributed by atoms with Crippen LogP contribution in [0.4, 0.5) is 0 Å². The van der Waals surface area contributed by atoms with Gasteiger partial charge in [0.25, 0.3) is 0 Å². The quantitative estimate of drug-likeness (QED) is 0.666. The Morgan fingerprint density at radius 3 is 2.25 bits per heavy atom. The van der Waals surface area contributed by atoms with Crippen LogP contribution in [0.5, 0.6) is 0 Å². The van der Waals surface area contributed by atoms with Crippen molar-refractivity contribution in [3.63, 3.8) is 0 Å². The molecular weight excluding hydrogens is 400 g/mol. The molecule has 0 saturated heterocycles. The van der Waals surface area contributed by atoms with Crippen molar-refractivity contribution in [3.8, 4) is 0 Å². The first kappa shape index (κ1) is 20.5. The second-order valence-electron chi connectivity index (χ2n) is 6.89. The molecule has 0 spiro atoms. The van der Waals surface area contributed by atoms with E-state index in [1.165, 1.54) is 18.2 Å². The molecule has 2 N–H and O–H groups in total. The normalized spacial score (nSPS) is 15.8. The molecule has 0 heterocycles. The van der Waals surface area contributed by atoms with E-state index in [1.54, 1.807) is 0 Å². The summed E-state index contributed by atoms with van der Waals surface area (Å²) >= 11 is 0. The predicted octanol–water partition coefficient (Wildman–Crippen LogP) is 1.26. The van der Waals surface area contributed by atoms with Gasteiger partial charge in [-0.2, -0.15) is 4.72 Å². The molecule has 1 fully saturated rings. The van der Waals surface area contributed by atoms with Gasteiger partial charge in [-0.15, -0.1) is 0 Å². The Bertz CT molecular complexity index is 1060. The van der Waals surface area contributed by atoms with Crippen molar-refractivity contribution in [3.05, 3.63) is 60.2 Å². The summed E-state index contributed by atoms with van der Waals surface area (Å²) in [6.07, 6.45) is 2.96. The third-order valence-electron chi connectivity index (χ3n) is 4.36. The molecule has 1 unspecified atom stereocenters. The zero-order valence-electron chi connectivity index (χ0n) is 15.3. The Hall–Kier alpha value is -2.23. The van der Waals surface area contributed by atoms with Gasteiger partial charge in [0.1, 0.15) is 6.04 Å². The summed E-state index contributed by atoms with van der Waals surface area (Å²) in [4.78, 5) is 12.3. The third kappa shape index (κ3) is 5.40. The van der Waals surface area contributed by atoms with Crippen molar-refractivity contribution >= 4 is 25.8 Å². The molecule has 1 saturated carbocycles. The molecule has 0 bridgehead atoms. The molecule has 9 heteroatoms. The summed E-state index contributed by atoms with van der Waals surface area (Å²) in [6, 6.07) is 13.3. The second kappa shape index (κ2) is 8.02. The van der Waals surface area contributed by atoms with E-state index in [0.29, 0.717) is 0 Å². The number of carbonyl (C=O) groups excluding carboxylic acids is 1. The molecule has 0 aliphatic heterocycles. The predicted molar refractivity (Wildman–Crippen MR) is 105 cm³/mol. The minimum absolute atomic E-state index is 0.0869. The lowest BCUT2D eigenvalue weighted by Gasteiger charge is -2.19. The van der Waals surface area contributed by atoms with Gasteiger partial charge in [-0.05, 0) is 43.0 Å². The van der Waals surface area contributed by atoms with E-state index in [-0.39, 0.29) is 22.3 Å². The van der Waals surface area contributed by atoms with Crippen molar-refractivity contribution in [1.29, 1.82) is 0 Å². The minimum atomic E-state index is -4.10. The first-order valence-electron chi connectivity index (χ1n) is 8.82. The number of amides is 1. The molecule has 7 nitrogen and oxygen atoms in total. The fraction of sp³-hybridized carbons (Fsp3) is 0.316. The monoisotopic (exact) mass is 422 g/mol. The highest BCUT2D eigenvalue weighted by molar-refractivity contribution is 7.91. The van der Waals surface area contributed by atoms with E-state index in [1.807, 2.05) is 30.3 Å². The Kier molecular flexibility index (Phi) is 5.87. The molecule has 150 valence electrons. The maximum absolute atomic E-state index is 12.8. The summed E-state index contributed by atoms with van der Waals surface area (Å²) in [6.45, 7) is 0. The molecule has 1 aliphatic carbocycles. The van der Waals surface area contributed by atoms with Gasteiger partial charge in [0, 0.05) is 12.3 Å². The van der Waals surface area contributed by atoms with E-state index >= 15 is 0 Å². The highest BCUT2D eigenvalue weighted by atomic mass is 32.2. The number of nitrogens with one attached hydrogen (secondary N) is 2. The van der Waals surface area contributed by atoms with E-state index < -0.39 is 31.8 Å². The number of hydrogen-bond donors (Lipinski definition) is 2. The standard InChI is InChI=1S/C19H22N2O5S2/c1-27(23,24)16-8-5-9-17(13-16)28(25,26)21-18(19(22)20-15-10-11-15)12-14-6-3-2-4-7-14/h2-9,13,15,18,21H,10-12H2,1H3,(H,20,22). The van der Waals surface area contributed by atoms with Crippen molar-refractivity contribution in [2.45, 2.75) is 41.1 Å². The fourth-order valence-electron chi connectivity index (χ4n) is 2.69. The zero-order chi connectivity index (χ0) is 20.4. The van der Waals surface area contributed by atoms with Crippen molar-refractivity contribution in [2.75, 3.05) is 6.26 Å². The topological polar surface area (TPSA) is 109 Å². The number of carbonyl (C=O) groups is 1. The van der Waals surface area contributed by atoms with E-state index in [9.17, 15) is 21.6 Å². The Morgan fingerprint density at radius 1 is 1.00 bits per heavy atom. The summed E-state index contributed by atoms with van der Waals surface area (Å²) in [5, 5.41) is 2.82. The maximum Gasteiger partial charge on any atom is 0.241 e. The number of hydrogen-bond acceptors (Lipinski definition) is 5. The zero-order valence-corrected chi connectivity index (χ0v) is 17.0. The Balaban J connectivity index is 1.86. The number of sulfone groups is 1. The van der Waals surface area contributed by atoms with Crippen LogP contribution in [-0.2, 0) is 31.1 Å². The number of sulfonamides is 1. The molecule has 1 aliphatic rings. The van der Waals surface area contributed by atoms with E-state index in [4.69, 9.17) is 0 Å². The van der Waals surface area contributed by atoms with Gasteiger partial charge in [0.05, 0.1) is 9.79 Å². The fourth-order valence-corrected chi connectivity index (χ4v) is 4.68. The molecular formula is C19H22N2O5S2. The highest BCUT2D eigenvalue weighted by Gasteiger charge is 2.31. The van der Waals surface area contributed by atoms with Gasteiger partial charge < -0.3 is 5.32 Å². The highest BCUT2D eigenvalue weighted by Crippen LogP contribution is 2.20. The summed E-state index contributed by atoms with van der Waals surface area (Å²) in [7, 11) is -7.66. The van der Waals surface area contributed by atoms with E-state index in [0.717, 1.165) is 30.7 Å². The second-order valence-corrected chi connectivity index (χ2v) is 10.6. The Labute approximate surface area is 165 Å². The first-order chi connectivity index (χ1) is 13.1. The van der Waals surface area contributed by atoms with Crippen LogP contribution in [0.15, 0.2) is 64.4 Å². The van der Waals surface area contributed by atoms with Gasteiger partial charge in [-0.25, -0.2) is 16.8 Å². The molecule has 2 aromatic carbocycles. The van der Waals surface area contributed by atoms with Crippen LogP contribution < -0.4 is 10.0 Å². The lowest BCUT2D eigenvalue weighted by Crippen LogP contribution is -2.48. The molecule has 0 aromatic heterocycles. The van der Waals surface area contributed by atoms with E-state index in [2.05, 4.69) is 10.0 Å². The molecule has 1 amide bonds. The van der Waals surface area contributed by atoms with Gasteiger partial charge in [0.15, 0.2) is 9.84 Å². The summed E-state index contributed by atoms with van der Waals surface area (Å²) < 4.78 is 51.6. The number of benzene rings is 2. The van der Waals surface area contributed by atoms with Crippen LogP contribution in [0.3, 0.4) is 0 Å². The van der Waals surface area contributed by atoms with Crippen LogP contribution in [-0.4, -0.2) is 41.1 Å². The first-order valence-corrected chi connectivity index (χ1v) is 12.2. The van der Waals surface area contributed by atoms with Gasteiger partial charge in [0.2, 0.25) is 15.9 Å². The van der Waals surface area contributed by atoms with Crippen LogP contribution >= 0.6 is 0 Å². The summed E-state index contributed by atoms with van der Waals surface area (Å²) in [5.74, 6) is -0.394. The Morgan fingerprint density at radius 2 is 1.64 bits per heavy atom. The third-order valence-corrected chi connectivity index (χ3v) is 6.94. The average Bonchev–Trinajstić information content (AvgIpc) is 3.45. The van der Waals surface area contributed by atoms with Crippen LogP contribution in [0, 0.1) is 0 Å². The molecule has 2 aromatic rings.